The molecule has 2 N–H and O–H groups in total. The fourth-order valence-corrected chi connectivity index (χ4v) is 6.55. The largest absolute Gasteiger partial charge is 0.385 e. The molecule has 0 amide bonds. The fourth-order valence-electron chi connectivity index (χ4n) is 2.18. The summed E-state index contributed by atoms with van der Waals surface area (Å²) in [4.78, 5) is 0. The lowest BCUT2D eigenvalue weighted by molar-refractivity contribution is 0.200. The second-order valence-electron chi connectivity index (χ2n) is 4.62. The Labute approximate surface area is 107 Å². The molecule has 0 spiro atoms. The normalized spacial score (nSPS) is 12.0. The van der Waals surface area contributed by atoms with E-state index in [1.54, 1.807) is 21.3 Å². The van der Waals surface area contributed by atoms with Gasteiger partial charge in [0.25, 0.3) is 0 Å². The zero-order valence-corrected chi connectivity index (χ0v) is 12.7. The van der Waals surface area contributed by atoms with Crippen molar-refractivity contribution in [3.8, 4) is 0 Å². The minimum Gasteiger partial charge on any atom is -0.385 e. The highest BCUT2D eigenvalue weighted by atomic mass is 28.3. The molecule has 0 rings (SSSR count). The molecule has 0 fully saturated rings. The van der Waals surface area contributed by atoms with Gasteiger partial charge in [-0.15, -0.1) is 0 Å². The molecule has 0 radical (unpaired) electrons. The lowest BCUT2D eigenvalue weighted by atomic mass is 10.5. The zero-order chi connectivity index (χ0) is 13.0. The van der Waals surface area contributed by atoms with Crippen molar-refractivity contribution in [2.45, 2.75) is 30.6 Å². The third kappa shape index (κ3) is 7.89. The van der Waals surface area contributed by atoms with Gasteiger partial charge in [-0.1, -0.05) is 6.04 Å². The predicted molar refractivity (Wildman–Crippen MR) is 74.3 cm³/mol. The minimum absolute atomic E-state index is 0.779. The van der Waals surface area contributed by atoms with Crippen LogP contribution in [0.2, 0.25) is 24.2 Å². The molecule has 0 atom stereocenters. The van der Waals surface area contributed by atoms with Crippen LogP contribution in [0.5, 0.6) is 0 Å². The molecule has 0 bridgehead atoms. The highest BCUT2D eigenvalue weighted by Gasteiger charge is 2.31. The number of methoxy groups -OCH3 is 3. The summed E-state index contributed by atoms with van der Waals surface area (Å²) in [6.07, 6.45) is 1.11. The Morgan fingerprint density at radius 2 is 1.18 bits per heavy atom. The number of ether oxygens (including phenoxy) is 3. The number of hydrogen-bond donors (Lipinski definition) is 1. The maximum absolute atomic E-state index is 5.65. The highest BCUT2D eigenvalue weighted by molar-refractivity contribution is 6.80. The van der Waals surface area contributed by atoms with Gasteiger partial charge in [-0.25, -0.2) is 0 Å². The number of nitrogens with two attached hydrogens (primary N) is 1. The summed E-state index contributed by atoms with van der Waals surface area (Å²) >= 11 is 0. The Morgan fingerprint density at radius 3 is 1.47 bits per heavy atom. The molecular weight excluding hydrogens is 234 g/mol. The molecule has 0 aromatic rings. The monoisotopic (exact) mass is 263 g/mol. The standard InChI is InChI=1S/C12H29NO3Si/c1-14-6-10-17(9-4-5-13,11-7-15-2)12-8-16-3/h4-13H2,1-3H3. The van der Waals surface area contributed by atoms with Gasteiger partial charge in [0.15, 0.2) is 0 Å². The van der Waals surface area contributed by atoms with Crippen molar-refractivity contribution < 1.29 is 14.2 Å². The van der Waals surface area contributed by atoms with Crippen LogP contribution in [-0.2, 0) is 14.2 Å². The van der Waals surface area contributed by atoms with Crippen LogP contribution in [0.4, 0.5) is 0 Å². The van der Waals surface area contributed by atoms with Gasteiger partial charge in [0.05, 0.1) is 8.07 Å². The first-order chi connectivity index (χ1) is 8.24. The molecule has 0 heterocycles. The summed E-state index contributed by atoms with van der Waals surface area (Å²) in [5, 5.41) is 0. The average Bonchev–Trinajstić information content (AvgIpc) is 2.37. The molecule has 0 aliphatic heterocycles. The van der Waals surface area contributed by atoms with Crippen molar-refractivity contribution in [1.29, 1.82) is 0 Å². The predicted octanol–water partition coefficient (Wildman–Crippen LogP) is 1.72. The first kappa shape index (κ1) is 17.1. The van der Waals surface area contributed by atoms with E-state index in [0.29, 0.717) is 0 Å². The van der Waals surface area contributed by atoms with Crippen LogP contribution < -0.4 is 5.73 Å². The van der Waals surface area contributed by atoms with E-state index in [1.807, 2.05) is 0 Å². The van der Waals surface area contributed by atoms with Gasteiger partial charge < -0.3 is 19.9 Å². The van der Waals surface area contributed by atoms with E-state index in [4.69, 9.17) is 19.9 Å². The third-order valence-electron chi connectivity index (χ3n) is 3.42. The van der Waals surface area contributed by atoms with Gasteiger partial charge in [-0.05, 0) is 31.1 Å². The molecular formula is C12H29NO3Si. The van der Waals surface area contributed by atoms with Crippen molar-refractivity contribution in [2.24, 2.45) is 5.73 Å². The van der Waals surface area contributed by atoms with E-state index in [9.17, 15) is 0 Å². The van der Waals surface area contributed by atoms with Crippen molar-refractivity contribution in [2.75, 3.05) is 47.7 Å². The molecule has 0 saturated heterocycles. The van der Waals surface area contributed by atoms with Crippen molar-refractivity contribution in [3.63, 3.8) is 0 Å². The van der Waals surface area contributed by atoms with Crippen LogP contribution >= 0.6 is 0 Å². The molecule has 17 heavy (non-hydrogen) atoms. The summed E-state index contributed by atoms with van der Waals surface area (Å²) in [5.74, 6) is 0. The van der Waals surface area contributed by atoms with Crippen molar-refractivity contribution in [3.05, 3.63) is 0 Å². The topological polar surface area (TPSA) is 53.7 Å². The summed E-state index contributed by atoms with van der Waals surface area (Å²) in [6, 6.07) is 4.84. The third-order valence-corrected chi connectivity index (χ3v) is 8.63. The molecule has 104 valence electrons. The Kier molecular flexibility index (Phi) is 11.2. The molecule has 5 heteroatoms. The highest BCUT2D eigenvalue weighted by Crippen LogP contribution is 2.27. The lowest BCUT2D eigenvalue weighted by Gasteiger charge is -2.31. The molecule has 0 unspecified atom stereocenters. The van der Waals surface area contributed by atoms with E-state index in [2.05, 4.69) is 0 Å². The maximum atomic E-state index is 5.65. The fraction of sp³-hybridized carbons (Fsp3) is 1.00. The zero-order valence-electron chi connectivity index (χ0n) is 11.7. The average molecular weight is 263 g/mol. The van der Waals surface area contributed by atoms with Gasteiger partial charge in [-0.2, -0.15) is 0 Å². The quantitative estimate of drug-likeness (QED) is 0.545. The van der Waals surface area contributed by atoms with Crippen LogP contribution in [0.15, 0.2) is 0 Å². The number of rotatable bonds is 12. The molecule has 0 saturated carbocycles. The summed E-state index contributed by atoms with van der Waals surface area (Å²) in [5.41, 5.74) is 5.65. The Morgan fingerprint density at radius 1 is 0.765 bits per heavy atom. The maximum Gasteiger partial charge on any atom is 0.0604 e. The van der Waals surface area contributed by atoms with Crippen LogP contribution in [-0.4, -0.2) is 55.8 Å². The number of hydrogen-bond acceptors (Lipinski definition) is 4. The van der Waals surface area contributed by atoms with Crippen LogP contribution in [0.3, 0.4) is 0 Å². The van der Waals surface area contributed by atoms with Gasteiger partial charge in [-0.3, -0.25) is 0 Å². The van der Waals surface area contributed by atoms with Gasteiger partial charge in [0, 0.05) is 41.2 Å². The first-order valence-electron chi connectivity index (χ1n) is 6.41. The van der Waals surface area contributed by atoms with E-state index in [0.717, 1.165) is 32.8 Å². The SMILES string of the molecule is COCC[Si](CCCN)(CCOC)CCOC. The van der Waals surface area contributed by atoms with Gasteiger partial charge in [0.2, 0.25) is 0 Å². The van der Waals surface area contributed by atoms with Crippen molar-refractivity contribution >= 4 is 8.07 Å². The molecule has 0 aliphatic carbocycles. The Bertz CT molecular complexity index is 132. The lowest BCUT2D eigenvalue weighted by Crippen LogP contribution is -2.38. The summed E-state index contributed by atoms with van der Waals surface area (Å²) in [6.45, 7) is 3.33. The van der Waals surface area contributed by atoms with E-state index in [-0.39, 0.29) is 0 Å². The van der Waals surface area contributed by atoms with Crippen LogP contribution in [0.25, 0.3) is 0 Å². The second-order valence-corrected chi connectivity index (χ2v) is 9.62. The van der Waals surface area contributed by atoms with Crippen LogP contribution in [0, 0.1) is 0 Å². The Balaban J connectivity index is 4.39. The van der Waals surface area contributed by atoms with E-state index in [1.165, 1.54) is 24.2 Å². The minimum atomic E-state index is -1.33. The van der Waals surface area contributed by atoms with Crippen LogP contribution in [0.1, 0.15) is 6.42 Å². The summed E-state index contributed by atoms with van der Waals surface area (Å²) in [7, 11) is 3.98. The second kappa shape index (κ2) is 11.2. The summed E-state index contributed by atoms with van der Waals surface area (Å²) < 4.78 is 15.8. The molecule has 0 aromatic carbocycles. The molecule has 0 aliphatic rings. The first-order valence-corrected chi connectivity index (χ1v) is 9.24. The van der Waals surface area contributed by atoms with Gasteiger partial charge >= 0.3 is 0 Å². The van der Waals surface area contributed by atoms with E-state index >= 15 is 0 Å². The molecule has 0 aromatic heterocycles. The van der Waals surface area contributed by atoms with Gasteiger partial charge in [0.1, 0.15) is 0 Å². The smallest absolute Gasteiger partial charge is 0.0604 e. The molecule has 4 nitrogen and oxygen atoms in total. The van der Waals surface area contributed by atoms with Crippen molar-refractivity contribution in [1.82, 2.24) is 0 Å². The Hall–Kier alpha value is 0.0569. The van der Waals surface area contributed by atoms with E-state index < -0.39 is 8.07 Å².